The van der Waals surface area contributed by atoms with E-state index in [-0.39, 0.29) is 27.3 Å². The molecular weight excluding hydrogens is 414 g/mol. The summed E-state index contributed by atoms with van der Waals surface area (Å²) >= 11 is 0. The van der Waals surface area contributed by atoms with Crippen molar-refractivity contribution in [2.24, 2.45) is 0 Å². The number of benzene rings is 2. The van der Waals surface area contributed by atoms with Gasteiger partial charge in [0.15, 0.2) is 0 Å². The number of hydrogen-bond donors (Lipinski definition) is 2. The Bertz CT molecular complexity index is 1310. The highest BCUT2D eigenvalue weighted by Crippen LogP contribution is 2.45. The van der Waals surface area contributed by atoms with E-state index in [1.165, 1.54) is 24.4 Å². The van der Waals surface area contributed by atoms with Gasteiger partial charge in [-0.1, -0.05) is 17.7 Å². The van der Waals surface area contributed by atoms with Crippen LogP contribution in [0, 0.1) is 6.92 Å². The summed E-state index contributed by atoms with van der Waals surface area (Å²) in [5.74, 6) is -4.40. The number of pyridine rings is 2. The Kier molecular flexibility index (Phi) is 4.23. The van der Waals surface area contributed by atoms with E-state index in [4.69, 9.17) is 0 Å². The maximum atomic E-state index is 14.0. The number of rotatable bonds is 1. The molecule has 2 heterocycles. The SMILES string of the molecule is Cc1ccc2nc3c(cc(C(O)(O)C(F)(F)F)c4cccnc43)c(C(F)(F)F)c2c1. The Labute approximate surface area is 164 Å². The van der Waals surface area contributed by atoms with Crippen LogP contribution in [0.2, 0.25) is 0 Å². The third-order valence-electron chi connectivity index (χ3n) is 4.84. The van der Waals surface area contributed by atoms with Crippen molar-refractivity contribution in [2.45, 2.75) is 25.1 Å². The summed E-state index contributed by atoms with van der Waals surface area (Å²) in [6.45, 7) is 1.56. The minimum atomic E-state index is -5.57. The number of nitrogens with zero attached hydrogens (tertiary/aromatic N) is 2. The van der Waals surface area contributed by atoms with E-state index in [2.05, 4.69) is 9.97 Å². The highest BCUT2D eigenvalue weighted by Gasteiger charge is 2.55. The van der Waals surface area contributed by atoms with Gasteiger partial charge in [0, 0.05) is 27.9 Å². The van der Waals surface area contributed by atoms with Gasteiger partial charge in [0.2, 0.25) is 0 Å². The van der Waals surface area contributed by atoms with Crippen molar-refractivity contribution in [3.05, 3.63) is 59.3 Å². The lowest BCUT2D eigenvalue weighted by molar-refractivity contribution is -0.357. The Hall–Kier alpha value is -2.98. The van der Waals surface area contributed by atoms with Gasteiger partial charge in [-0.15, -0.1) is 0 Å². The lowest BCUT2D eigenvalue weighted by Crippen LogP contribution is -2.42. The predicted molar refractivity (Wildman–Crippen MR) is 96.5 cm³/mol. The zero-order chi connectivity index (χ0) is 22.1. The van der Waals surface area contributed by atoms with Gasteiger partial charge in [0.05, 0.1) is 22.1 Å². The zero-order valence-electron chi connectivity index (χ0n) is 15.1. The molecule has 0 aliphatic rings. The van der Waals surface area contributed by atoms with Gasteiger partial charge in [0.25, 0.3) is 5.79 Å². The van der Waals surface area contributed by atoms with Crippen molar-refractivity contribution in [3.8, 4) is 0 Å². The average molecular weight is 426 g/mol. The minimum absolute atomic E-state index is 0.0183. The molecule has 0 saturated carbocycles. The largest absolute Gasteiger partial charge is 0.447 e. The van der Waals surface area contributed by atoms with E-state index in [9.17, 15) is 36.6 Å². The topological polar surface area (TPSA) is 66.2 Å². The average Bonchev–Trinajstić information content (AvgIpc) is 2.63. The molecule has 4 nitrogen and oxygen atoms in total. The van der Waals surface area contributed by atoms with Crippen LogP contribution in [0.5, 0.6) is 0 Å². The molecule has 156 valence electrons. The summed E-state index contributed by atoms with van der Waals surface area (Å²) in [5, 5.41) is 18.3. The maximum absolute atomic E-state index is 14.0. The fraction of sp³-hybridized carbons (Fsp3) is 0.200. The number of hydrogen-bond acceptors (Lipinski definition) is 4. The standard InChI is InChI=1S/C20H12F6N2O2/c1-9-4-5-14-11(7-9)15(19(21,22)23)12-8-13(18(29,30)20(24,25)26)10-3-2-6-27-16(10)17(12)28-14/h2-8,29-30H,1H3. The van der Waals surface area contributed by atoms with Crippen LogP contribution in [0.15, 0.2) is 42.6 Å². The Balaban J connectivity index is 2.31. The first kappa shape index (κ1) is 20.3. The quantitative estimate of drug-likeness (QED) is 0.195. The molecule has 0 atom stereocenters. The molecule has 30 heavy (non-hydrogen) atoms. The Morgan fingerprint density at radius 3 is 2.17 bits per heavy atom. The summed E-state index contributed by atoms with van der Waals surface area (Å²) in [6.07, 6.45) is -9.36. The minimum Gasteiger partial charge on any atom is -0.355 e. The van der Waals surface area contributed by atoms with Gasteiger partial charge < -0.3 is 10.2 Å². The third-order valence-corrected chi connectivity index (χ3v) is 4.84. The first-order chi connectivity index (χ1) is 13.8. The van der Waals surface area contributed by atoms with Crippen LogP contribution in [0.1, 0.15) is 16.7 Å². The molecule has 0 unspecified atom stereocenters. The van der Waals surface area contributed by atoms with Gasteiger partial charge >= 0.3 is 12.4 Å². The van der Waals surface area contributed by atoms with Crippen LogP contribution >= 0.6 is 0 Å². The van der Waals surface area contributed by atoms with E-state index in [1.54, 1.807) is 13.0 Å². The van der Waals surface area contributed by atoms with Crippen LogP contribution in [0.3, 0.4) is 0 Å². The molecule has 4 aromatic rings. The molecule has 0 aliphatic heterocycles. The van der Waals surface area contributed by atoms with E-state index in [0.29, 0.717) is 11.6 Å². The molecule has 0 saturated heterocycles. The first-order valence-corrected chi connectivity index (χ1v) is 8.53. The molecule has 0 fully saturated rings. The number of aromatic nitrogens is 2. The smallest absolute Gasteiger partial charge is 0.355 e. The molecule has 4 rings (SSSR count). The normalized spacial score (nSPS) is 13.5. The highest BCUT2D eigenvalue weighted by molar-refractivity contribution is 6.10. The maximum Gasteiger partial charge on any atom is 0.447 e. The monoisotopic (exact) mass is 426 g/mol. The van der Waals surface area contributed by atoms with E-state index in [0.717, 1.165) is 6.07 Å². The van der Waals surface area contributed by atoms with Crippen molar-refractivity contribution < 1.29 is 36.6 Å². The third kappa shape index (κ3) is 2.94. The van der Waals surface area contributed by atoms with E-state index >= 15 is 0 Å². The van der Waals surface area contributed by atoms with Crippen LogP contribution in [0.4, 0.5) is 26.3 Å². The zero-order valence-corrected chi connectivity index (χ0v) is 15.1. The molecule has 0 radical (unpaired) electrons. The van der Waals surface area contributed by atoms with E-state index in [1.807, 2.05) is 0 Å². The second-order valence-electron chi connectivity index (χ2n) is 6.90. The Morgan fingerprint density at radius 1 is 0.833 bits per heavy atom. The second-order valence-corrected chi connectivity index (χ2v) is 6.90. The molecule has 0 bridgehead atoms. The molecular formula is C20H12F6N2O2. The molecule has 10 heteroatoms. The lowest BCUT2D eigenvalue weighted by atomic mass is 9.93. The van der Waals surface area contributed by atoms with Crippen LogP contribution in [-0.4, -0.2) is 26.4 Å². The van der Waals surface area contributed by atoms with Crippen molar-refractivity contribution in [2.75, 3.05) is 0 Å². The molecule has 0 amide bonds. The van der Waals surface area contributed by atoms with Crippen LogP contribution < -0.4 is 0 Å². The number of fused-ring (bicyclic) bond motifs is 4. The van der Waals surface area contributed by atoms with Crippen molar-refractivity contribution in [1.82, 2.24) is 9.97 Å². The van der Waals surface area contributed by atoms with Crippen molar-refractivity contribution in [3.63, 3.8) is 0 Å². The summed E-state index contributed by atoms with van der Waals surface area (Å²) < 4.78 is 82.1. The number of halogens is 6. The molecule has 0 aliphatic carbocycles. The van der Waals surface area contributed by atoms with E-state index < -0.39 is 34.7 Å². The highest BCUT2D eigenvalue weighted by atomic mass is 19.4. The summed E-state index contributed by atoms with van der Waals surface area (Å²) in [6, 6.07) is 6.98. The molecule has 2 aromatic carbocycles. The Morgan fingerprint density at radius 2 is 1.53 bits per heavy atom. The summed E-state index contributed by atoms with van der Waals surface area (Å²) in [4.78, 5) is 8.09. The summed E-state index contributed by atoms with van der Waals surface area (Å²) in [5.41, 5.74) is -2.52. The fourth-order valence-corrected chi connectivity index (χ4v) is 3.49. The van der Waals surface area contributed by atoms with Crippen molar-refractivity contribution in [1.29, 1.82) is 0 Å². The lowest BCUT2D eigenvalue weighted by Gasteiger charge is -2.27. The molecule has 2 N–H and O–H groups in total. The first-order valence-electron chi connectivity index (χ1n) is 8.53. The fourth-order valence-electron chi connectivity index (χ4n) is 3.49. The number of aryl methyl sites for hydroxylation is 1. The second kappa shape index (κ2) is 6.26. The molecule has 2 aromatic heterocycles. The van der Waals surface area contributed by atoms with Gasteiger partial charge in [-0.05, 0) is 31.2 Å². The van der Waals surface area contributed by atoms with Crippen LogP contribution in [0.25, 0.3) is 32.7 Å². The van der Waals surface area contributed by atoms with Gasteiger partial charge in [-0.2, -0.15) is 26.3 Å². The molecule has 0 spiro atoms. The number of aliphatic hydroxyl groups is 2. The van der Waals surface area contributed by atoms with Crippen molar-refractivity contribution >= 4 is 32.7 Å². The predicted octanol–water partition coefficient (Wildman–Crippen LogP) is 4.96. The van der Waals surface area contributed by atoms with Gasteiger partial charge in [0.1, 0.15) is 0 Å². The number of alkyl halides is 6. The van der Waals surface area contributed by atoms with Gasteiger partial charge in [-0.3, -0.25) is 4.98 Å². The summed E-state index contributed by atoms with van der Waals surface area (Å²) in [7, 11) is 0. The van der Waals surface area contributed by atoms with Crippen LogP contribution in [-0.2, 0) is 12.0 Å². The van der Waals surface area contributed by atoms with Gasteiger partial charge in [-0.25, -0.2) is 4.98 Å².